The first-order valence-corrected chi connectivity index (χ1v) is 6.83. The second kappa shape index (κ2) is 3.95. The Hall–Kier alpha value is -1.10. The number of hydrogen-bond acceptors (Lipinski definition) is 3. The molecule has 3 rings (SSSR count). The quantitative estimate of drug-likeness (QED) is 0.768. The number of carbonyl (C=O) groups excluding carboxylic acids is 2. The van der Waals surface area contributed by atoms with Crippen molar-refractivity contribution in [1.82, 2.24) is 9.80 Å². The molecule has 0 spiro atoms. The molecule has 2 amide bonds. The summed E-state index contributed by atoms with van der Waals surface area (Å²) in [7, 11) is 0. The fraction of sp³-hybridized carbons (Fsp3) is 0.846. The predicted molar refractivity (Wildman–Crippen MR) is 64.7 cm³/mol. The number of rotatable bonds is 3. The van der Waals surface area contributed by atoms with E-state index in [0.717, 1.165) is 12.8 Å². The van der Waals surface area contributed by atoms with Crippen LogP contribution in [0.1, 0.15) is 32.6 Å². The van der Waals surface area contributed by atoms with Crippen LogP contribution in [-0.4, -0.2) is 58.0 Å². The van der Waals surface area contributed by atoms with Gasteiger partial charge in [-0.2, -0.15) is 0 Å². The Morgan fingerprint density at radius 3 is 2.67 bits per heavy atom. The molecule has 3 aliphatic rings. The summed E-state index contributed by atoms with van der Waals surface area (Å²) in [6, 6.07) is 0.402. The third kappa shape index (κ3) is 1.90. The third-order valence-electron chi connectivity index (χ3n) is 4.44. The van der Waals surface area contributed by atoms with Gasteiger partial charge in [-0.15, -0.1) is 0 Å². The number of carbonyl (C=O) groups is 2. The van der Waals surface area contributed by atoms with Crippen molar-refractivity contribution in [3.05, 3.63) is 0 Å². The Morgan fingerprint density at radius 1 is 1.44 bits per heavy atom. The fourth-order valence-corrected chi connectivity index (χ4v) is 2.94. The van der Waals surface area contributed by atoms with Crippen LogP contribution in [0.25, 0.3) is 0 Å². The van der Waals surface area contributed by atoms with E-state index in [4.69, 9.17) is 0 Å². The molecule has 0 radical (unpaired) electrons. The van der Waals surface area contributed by atoms with Crippen molar-refractivity contribution < 1.29 is 14.7 Å². The molecule has 1 N–H and O–H groups in total. The highest BCUT2D eigenvalue weighted by molar-refractivity contribution is 5.90. The fourth-order valence-electron chi connectivity index (χ4n) is 2.94. The van der Waals surface area contributed by atoms with E-state index in [2.05, 4.69) is 0 Å². The molecule has 18 heavy (non-hydrogen) atoms. The van der Waals surface area contributed by atoms with Gasteiger partial charge in [0.1, 0.15) is 0 Å². The van der Waals surface area contributed by atoms with Crippen molar-refractivity contribution >= 4 is 11.8 Å². The second-order valence-electron chi connectivity index (χ2n) is 5.95. The molecule has 0 aromatic rings. The minimum atomic E-state index is -0.686. The highest BCUT2D eigenvalue weighted by Gasteiger charge is 2.47. The van der Waals surface area contributed by atoms with E-state index >= 15 is 0 Å². The molecular weight excluding hydrogens is 232 g/mol. The molecule has 2 heterocycles. The van der Waals surface area contributed by atoms with Crippen molar-refractivity contribution in [1.29, 1.82) is 0 Å². The summed E-state index contributed by atoms with van der Waals surface area (Å²) in [4.78, 5) is 27.6. The van der Waals surface area contributed by atoms with E-state index in [1.807, 2.05) is 11.8 Å². The van der Waals surface area contributed by atoms with E-state index in [1.165, 1.54) is 0 Å². The minimum Gasteiger partial charge on any atom is -0.386 e. The molecule has 2 aliphatic heterocycles. The van der Waals surface area contributed by atoms with E-state index in [-0.39, 0.29) is 17.7 Å². The monoisotopic (exact) mass is 252 g/mol. The van der Waals surface area contributed by atoms with Crippen molar-refractivity contribution in [2.24, 2.45) is 5.92 Å². The van der Waals surface area contributed by atoms with Crippen LogP contribution in [0.4, 0.5) is 0 Å². The number of hydrogen-bond donors (Lipinski definition) is 1. The van der Waals surface area contributed by atoms with Crippen LogP contribution in [0.5, 0.6) is 0 Å². The van der Waals surface area contributed by atoms with Crippen LogP contribution in [0.3, 0.4) is 0 Å². The Kier molecular flexibility index (Phi) is 2.62. The van der Waals surface area contributed by atoms with Crippen molar-refractivity contribution in [2.75, 3.05) is 19.6 Å². The van der Waals surface area contributed by atoms with Crippen molar-refractivity contribution in [3.63, 3.8) is 0 Å². The van der Waals surface area contributed by atoms with Gasteiger partial charge in [-0.1, -0.05) is 6.92 Å². The smallest absolute Gasteiger partial charge is 0.228 e. The van der Waals surface area contributed by atoms with Gasteiger partial charge in [0.15, 0.2) is 0 Å². The lowest BCUT2D eigenvalue weighted by Gasteiger charge is -2.46. The molecule has 0 bridgehead atoms. The Balaban J connectivity index is 1.57. The first-order valence-electron chi connectivity index (χ1n) is 6.83. The Labute approximate surface area is 107 Å². The van der Waals surface area contributed by atoms with Gasteiger partial charge in [0.25, 0.3) is 0 Å². The predicted octanol–water partition coefficient (Wildman–Crippen LogP) is -0.0194. The van der Waals surface area contributed by atoms with Gasteiger partial charge in [-0.3, -0.25) is 9.59 Å². The molecule has 0 aromatic heterocycles. The molecule has 100 valence electrons. The highest BCUT2D eigenvalue weighted by atomic mass is 16.3. The van der Waals surface area contributed by atoms with Crippen LogP contribution < -0.4 is 0 Å². The summed E-state index contributed by atoms with van der Waals surface area (Å²) in [6.07, 6.45) is 3.21. The summed E-state index contributed by atoms with van der Waals surface area (Å²) in [5.74, 6) is -0.00809. The lowest BCUT2D eigenvalue weighted by atomic mass is 9.89. The topological polar surface area (TPSA) is 60.9 Å². The molecule has 3 fully saturated rings. The van der Waals surface area contributed by atoms with Crippen molar-refractivity contribution in [3.8, 4) is 0 Å². The van der Waals surface area contributed by atoms with Crippen LogP contribution in [0, 0.1) is 5.92 Å². The molecule has 5 heteroatoms. The van der Waals surface area contributed by atoms with E-state index in [9.17, 15) is 14.7 Å². The normalized spacial score (nSPS) is 30.6. The van der Waals surface area contributed by atoms with Crippen LogP contribution in [-0.2, 0) is 9.59 Å². The summed E-state index contributed by atoms with van der Waals surface area (Å²) in [6.45, 7) is 3.37. The lowest BCUT2D eigenvalue weighted by molar-refractivity contribution is -0.159. The van der Waals surface area contributed by atoms with Crippen LogP contribution in [0.15, 0.2) is 0 Å². The molecule has 1 atom stereocenters. The van der Waals surface area contributed by atoms with Crippen LogP contribution in [0.2, 0.25) is 0 Å². The average molecular weight is 252 g/mol. The maximum absolute atomic E-state index is 12.2. The number of likely N-dealkylation sites (tertiary alicyclic amines) is 2. The molecule has 1 unspecified atom stereocenters. The van der Waals surface area contributed by atoms with Gasteiger partial charge in [-0.25, -0.2) is 0 Å². The SMILES string of the molecule is CCC1(O)CN(C(=O)C2CC(=O)N(C3CC3)C2)C1. The van der Waals surface area contributed by atoms with Crippen LogP contribution >= 0.6 is 0 Å². The Morgan fingerprint density at radius 2 is 2.11 bits per heavy atom. The zero-order chi connectivity index (χ0) is 12.9. The zero-order valence-corrected chi connectivity index (χ0v) is 10.8. The molecule has 2 saturated heterocycles. The van der Waals surface area contributed by atoms with Gasteiger partial charge in [0.2, 0.25) is 11.8 Å². The average Bonchev–Trinajstić information content (AvgIpc) is 3.08. The van der Waals surface area contributed by atoms with E-state index in [0.29, 0.717) is 38.5 Å². The van der Waals surface area contributed by atoms with Gasteiger partial charge in [0, 0.05) is 19.0 Å². The largest absolute Gasteiger partial charge is 0.386 e. The molecule has 1 saturated carbocycles. The maximum Gasteiger partial charge on any atom is 0.228 e. The molecular formula is C13H20N2O3. The molecule has 5 nitrogen and oxygen atoms in total. The number of nitrogens with zero attached hydrogens (tertiary/aromatic N) is 2. The summed E-state index contributed by atoms with van der Waals surface area (Å²) < 4.78 is 0. The zero-order valence-electron chi connectivity index (χ0n) is 10.8. The highest BCUT2D eigenvalue weighted by Crippen LogP contribution is 2.34. The standard InChI is InChI=1S/C13H20N2O3/c1-2-13(18)7-14(8-13)12(17)9-5-11(16)15(6-9)10-3-4-10/h9-10,18H,2-8H2,1H3. The minimum absolute atomic E-state index is 0.0459. The first-order chi connectivity index (χ1) is 8.52. The summed E-state index contributed by atoms with van der Waals surface area (Å²) in [5.41, 5.74) is -0.686. The van der Waals surface area contributed by atoms with E-state index in [1.54, 1.807) is 4.90 Å². The molecule has 1 aliphatic carbocycles. The van der Waals surface area contributed by atoms with E-state index < -0.39 is 5.60 Å². The third-order valence-corrected chi connectivity index (χ3v) is 4.44. The molecule has 0 aromatic carbocycles. The summed E-state index contributed by atoms with van der Waals surface area (Å²) in [5, 5.41) is 9.91. The van der Waals surface area contributed by atoms with Gasteiger partial charge in [-0.05, 0) is 19.3 Å². The maximum atomic E-state index is 12.2. The number of β-amino-alcohol motifs (C(OH)–C–C–N with tert-alkyl or cyclic N) is 1. The summed E-state index contributed by atoms with van der Waals surface area (Å²) >= 11 is 0. The number of aliphatic hydroxyl groups is 1. The van der Waals surface area contributed by atoms with Gasteiger partial charge in [0.05, 0.1) is 24.6 Å². The number of amides is 2. The second-order valence-corrected chi connectivity index (χ2v) is 5.95. The Bertz CT molecular complexity index is 386. The van der Waals surface area contributed by atoms with Crippen molar-refractivity contribution in [2.45, 2.75) is 44.2 Å². The first kappa shape index (κ1) is 12.0. The van der Waals surface area contributed by atoms with Gasteiger partial charge >= 0.3 is 0 Å². The van der Waals surface area contributed by atoms with Gasteiger partial charge < -0.3 is 14.9 Å². The lowest BCUT2D eigenvalue weighted by Crippen LogP contribution is -2.64.